The average molecular weight is 308 g/mol. The molecule has 0 saturated heterocycles. The van der Waals surface area contributed by atoms with Crippen molar-refractivity contribution in [3.05, 3.63) is 65.2 Å². The van der Waals surface area contributed by atoms with E-state index in [0.29, 0.717) is 29.1 Å². The quantitative estimate of drug-likeness (QED) is 0.643. The van der Waals surface area contributed by atoms with E-state index in [4.69, 9.17) is 9.47 Å². The highest BCUT2D eigenvalue weighted by Crippen LogP contribution is 2.31. The number of fused-ring (bicyclic) bond motifs is 1. The molecule has 0 N–H and O–H groups in total. The van der Waals surface area contributed by atoms with E-state index in [9.17, 15) is 9.59 Å². The molecule has 0 heterocycles. The number of allylic oxidation sites excluding steroid dienone is 2. The number of Topliss-reactive ketones (excluding diaryl/α,β-unsaturated/α-hetero) is 1. The molecule has 0 saturated carbocycles. The molecule has 2 aromatic rings. The Kier molecular flexibility index (Phi) is 3.98. The maximum atomic E-state index is 12.5. The maximum absolute atomic E-state index is 12.5. The van der Waals surface area contributed by atoms with E-state index in [2.05, 4.69) is 0 Å². The molecule has 116 valence electrons. The van der Waals surface area contributed by atoms with Crippen LogP contribution in [0.1, 0.15) is 21.5 Å². The zero-order valence-electron chi connectivity index (χ0n) is 13.0. The normalized spacial score (nSPS) is 14.7. The van der Waals surface area contributed by atoms with E-state index in [1.54, 1.807) is 18.2 Å². The Balaban J connectivity index is 1.97. The van der Waals surface area contributed by atoms with E-state index < -0.39 is 0 Å². The van der Waals surface area contributed by atoms with Crippen molar-refractivity contribution >= 4 is 17.1 Å². The van der Waals surface area contributed by atoms with E-state index in [1.165, 1.54) is 20.3 Å². The first-order chi connectivity index (χ1) is 11.1. The molecule has 1 aliphatic rings. The van der Waals surface area contributed by atoms with Crippen LogP contribution in [0, 0.1) is 0 Å². The summed E-state index contributed by atoms with van der Waals surface area (Å²) >= 11 is 0. The third-order valence-electron chi connectivity index (χ3n) is 3.90. The first-order valence-corrected chi connectivity index (χ1v) is 7.23. The summed E-state index contributed by atoms with van der Waals surface area (Å²) < 4.78 is 10.4. The molecule has 0 amide bonds. The van der Waals surface area contributed by atoms with Crippen molar-refractivity contribution in [2.75, 3.05) is 14.2 Å². The van der Waals surface area contributed by atoms with Gasteiger partial charge in [-0.05, 0) is 35.4 Å². The van der Waals surface area contributed by atoms with Crippen LogP contribution < -0.4 is 9.47 Å². The van der Waals surface area contributed by atoms with Crippen LogP contribution in [-0.4, -0.2) is 25.8 Å². The standard InChI is InChI=1S/C19H16O4/c1-22-18-8-7-13(10-19(18)23-2)16(20)11-15-14-6-4-3-5-12(14)9-17(15)21/h3-8,10-11H,9H2,1-2H3/b15-11-. The molecule has 4 nitrogen and oxygen atoms in total. The van der Waals surface area contributed by atoms with Crippen molar-refractivity contribution in [3.8, 4) is 11.5 Å². The van der Waals surface area contributed by atoms with Gasteiger partial charge in [0.1, 0.15) is 0 Å². The van der Waals surface area contributed by atoms with Crippen molar-refractivity contribution in [2.45, 2.75) is 6.42 Å². The van der Waals surface area contributed by atoms with Gasteiger partial charge in [0.15, 0.2) is 23.1 Å². The van der Waals surface area contributed by atoms with Gasteiger partial charge in [-0.15, -0.1) is 0 Å². The summed E-state index contributed by atoms with van der Waals surface area (Å²) in [7, 11) is 3.05. The molecule has 0 fully saturated rings. The Bertz CT molecular complexity index is 818. The summed E-state index contributed by atoms with van der Waals surface area (Å²) in [5.74, 6) is 0.778. The largest absolute Gasteiger partial charge is 0.493 e. The minimum absolute atomic E-state index is 0.0278. The van der Waals surface area contributed by atoms with Gasteiger partial charge in [-0.1, -0.05) is 24.3 Å². The Morgan fingerprint density at radius 3 is 2.52 bits per heavy atom. The smallest absolute Gasteiger partial charge is 0.186 e. The monoisotopic (exact) mass is 308 g/mol. The second kappa shape index (κ2) is 6.08. The highest BCUT2D eigenvalue weighted by atomic mass is 16.5. The van der Waals surface area contributed by atoms with Crippen LogP contribution in [0.3, 0.4) is 0 Å². The molecule has 23 heavy (non-hydrogen) atoms. The average Bonchev–Trinajstić information content (AvgIpc) is 2.89. The molecule has 2 aromatic carbocycles. The van der Waals surface area contributed by atoms with Gasteiger partial charge in [-0.25, -0.2) is 0 Å². The predicted octanol–water partition coefficient (Wildman–Crippen LogP) is 3.10. The fourth-order valence-electron chi connectivity index (χ4n) is 2.72. The van der Waals surface area contributed by atoms with Gasteiger partial charge in [0.25, 0.3) is 0 Å². The Morgan fingerprint density at radius 1 is 1.04 bits per heavy atom. The number of benzene rings is 2. The highest BCUT2D eigenvalue weighted by molar-refractivity contribution is 6.30. The molecule has 3 rings (SSSR count). The highest BCUT2D eigenvalue weighted by Gasteiger charge is 2.25. The first kappa shape index (κ1) is 15.0. The van der Waals surface area contributed by atoms with Crippen LogP contribution in [0.5, 0.6) is 11.5 Å². The summed E-state index contributed by atoms with van der Waals surface area (Å²) in [6, 6.07) is 12.5. The molecular formula is C19H16O4. The molecule has 1 aliphatic carbocycles. The number of methoxy groups -OCH3 is 2. The van der Waals surface area contributed by atoms with E-state index >= 15 is 0 Å². The molecule has 0 radical (unpaired) electrons. The molecule has 0 atom stereocenters. The summed E-state index contributed by atoms with van der Waals surface area (Å²) in [6.45, 7) is 0. The van der Waals surface area contributed by atoms with E-state index in [-0.39, 0.29) is 11.6 Å². The van der Waals surface area contributed by atoms with Gasteiger partial charge in [-0.2, -0.15) is 0 Å². The van der Waals surface area contributed by atoms with Crippen LogP contribution in [0.15, 0.2) is 48.5 Å². The lowest BCUT2D eigenvalue weighted by atomic mass is 10.0. The van der Waals surface area contributed by atoms with E-state index in [1.807, 2.05) is 24.3 Å². The number of ether oxygens (including phenoxy) is 2. The van der Waals surface area contributed by atoms with Crippen molar-refractivity contribution in [1.82, 2.24) is 0 Å². The third kappa shape index (κ3) is 2.75. The predicted molar refractivity (Wildman–Crippen MR) is 87.0 cm³/mol. The van der Waals surface area contributed by atoms with Crippen molar-refractivity contribution in [3.63, 3.8) is 0 Å². The summed E-state index contributed by atoms with van der Waals surface area (Å²) in [6.07, 6.45) is 1.76. The fraction of sp³-hybridized carbons (Fsp3) is 0.158. The zero-order chi connectivity index (χ0) is 16.4. The number of rotatable bonds is 4. The van der Waals surface area contributed by atoms with Crippen LogP contribution >= 0.6 is 0 Å². The summed E-state index contributed by atoms with van der Waals surface area (Å²) in [4.78, 5) is 24.7. The number of carbonyl (C=O) groups is 2. The number of carbonyl (C=O) groups excluding carboxylic acids is 2. The second-order valence-electron chi connectivity index (χ2n) is 5.25. The fourth-order valence-corrected chi connectivity index (χ4v) is 2.72. The van der Waals surface area contributed by atoms with Crippen molar-refractivity contribution < 1.29 is 19.1 Å². The van der Waals surface area contributed by atoms with Crippen molar-refractivity contribution in [2.24, 2.45) is 0 Å². The van der Waals surface area contributed by atoms with Gasteiger partial charge in [0, 0.05) is 17.6 Å². The van der Waals surface area contributed by atoms with Gasteiger partial charge in [0.2, 0.25) is 0 Å². The second-order valence-corrected chi connectivity index (χ2v) is 5.25. The number of hydrogen-bond donors (Lipinski definition) is 0. The van der Waals surface area contributed by atoms with Gasteiger partial charge >= 0.3 is 0 Å². The van der Waals surface area contributed by atoms with Gasteiger partial charge in [0.05, 0.1) is 14.2 Å². The van der Waals surface area contributed by atoms with Crippen LogP contribution in [0.2, 0.25) is 0 Å². The summed E-state index contributed by atoms with van der Waals surface area (Å²) in [5.41, 5.74) is 2.72. The topological polar surface area (TPSA) is 52.6 Å². The maximum Gasteiger partial charge on any atom is 0.186 e. The Hall–Kier alpha value is -2.88. The van der Waals surface area contributed by atoms with Gasteiger partial charge in [-0.3, -0.25) is 9.59 Å². The minimum atomic E-state index is -0.231. The summed E-state index contributed by atoms with van der Waals surface area (Å²) in [5, 5.41) is 0. The third-order valence-corrected chi connectivity index (χ3v) is 3.90. The van der Waals surface area contributed by atoms with Crippen molar-refractivity contribution in [1.29, 1.82) is 0 Å². The molecule has 0 spiro atoms. The first-order valence-electron chi connectivity index (χ1n) is 7.23. The molecular weight excluding hydrogens is 292 g/mol. The van der Waals surface area contributed by atoms with E-state index in [0.717, 1.165) is 11.1 Å². The molecule has 0 bridgehead atoms. The molecule has 0 aliphatic heterocycles. The Morgan fingerprint density at radius 2 is 1.78 bits per heavy atom. The number of ketones is 2. The molecule has 0 unspecified atom stereocenters. The SMILES string of the molecule is COc1ccc(C(=O)/C=C2\C(=O)Cc3ccccc32)cc1OC. The van der Waals surface area contributed by atoms with Crippen LogP contribution in [0.4, 0.5) is 0 Å². The lowest BCUT2D eigenvalue weighted by Crippen LogP contribution is -2.01. The minimum Gasteiger partial charge on any atom is -0.493 e. The number of hydrogen-bond acceptors (Lipinski definition) is 4. The molecule has 4 heteroatoms. The van der Waals surface area contributed by atoms with Crippen LogP contribution in [-0.2, 0) is 11.2 Å². The Labute approximate surface area is 134 Å². The lowest BCUT2D eigenvalue weighted by Gasteiger charge is -2.08. The zero-order valence-corrected chi connectivity index (χ0v) is 13.0. The van der Waals surface area contributed by atoms with Gasteiger partial charge < -0.3 is 9.47 Å². The molecule has 0 aromatic heterocycles. The lowest BCUT2D eigenvalue weighted by molar-refractivity contribution is -0.112. The van der Waals surface area contributed by atoms with Crippen LogP contribution in [0.25, 0.3) is 5.57 Å².